The zero-order chi connectivity index (χ0) is 19.4. The highest BCUT2D eigenvalue weighted by molar-refractivity contribution is 9.10. The summed E-state index contributed by atoms with van der Waals surface area (Å²) in [7, 11) is 4.33. The van der Waals surface area contributed by atoms with Gasteiger partial charge in [0.2, 0.25) is 5.75 Å². The summed E-state index contributed by atoms with van der Waals surface area (Å²) in [6, 6.07) is 2.81. The zero-order valence-electron chi connectivity index (χ0n) is 14.5. The fraction of sp³-hybridized carbons (Fsp3) is 0.250. The Balaban J connectivity index is 2.43. The third-order valence-electron chi connectivity index (χ3n) is 3.52. The molecule has 0 fully saturated rings. The molecular weight excluding hydrogens is 410 g/mol. The first kappa shape index (κ1) is 19.4. The van der Waals surface area contributed by atoms with E-state index in [4.69, 9.17) is 14.2 Å². The lowest BCUT2D eigenvalue weighted by molar-refractivity contribution is -0.385. The highest BCUT2D eigenvalue weighted by Crippen LogP contribution is 2.44. The van der Waals surface area contributed by atoms with Crippen LogP contribution in [-0.4, -0.2) is 37.1 Å². The Hall–Kier alpha value is -2.88. The van der Waals surface area contributed by atoms with Crippen LogP contribution in [0.4, 0.5) is 11.5 Å². The Labute approximate surface area is 157 Å². The van der Waals surface area contributed by atoms with Gasteiger partial charge in [-0.25, -0.2) is 4.98 Å². The van der Waals surface area contributed by atoms with Gasteiger partial charge in [0.1, 0.15) is 12.0 Å². The van der Waals surface area contributed by atoms with Gasteiger partial charge in [-0.1, -0.05) is 0 Å². The highest BCUT2D eigenvalue weighted by atomic mass is 79.9. The third kappa shape index (κ3) is 3.69. The van der Waals surface area contributed by atoms with E-state index in [2.05, 4.69) is 26.2 Å². The summed E-state index contributed by atoms with van der Waals surface area (Å²) in [6.07, 6.45) is 1.08. The van der Waals surface area contributed by atoms with Crippen molar-refractivity contribution >= 4 is 33.3 Å². The van der Waals surface area contributed by atoms with Crippen LogP contribution >= 0.6 is 15.9 Å². The molecule has 0 spiro atoms. The van der Waals surface area contributed by atoms with E-state index in [0.717, 1.165) is 6.20 Å². The van der Waals surface area contributed by atoms with Gasteiger partial charge in [0.05, 0.1) is 36.3 Å². The lowest BCUT2D eigenvalue weighted by Crippen LogP contribution is -2.15. The minimum Gasteiger partial charge on any atom is -0.493 e. The molecule has 1 aromatic carbocycles. The maximum absolute atomic E-state index is 12.7. The number of rotatable bonds is 6. The predicted octanol–water partition coefficient (Wildman–Crippen LogP) is 3.34. The van der Waals surface area contributed by atoms with Crippen molar-refractivity contribution in [1.82, 2.24) is 4.98 Å². The van der Waals surface area contributed by atoms with E-state index in [-0.39, 0.29) is 17.1 Å². The summed E-state index contributed by atoms with van der Waals surface area (Å²) in [6.45, 7) is 1.61. The van der Waals surface area contributed by atoms with Gasteiger partial charge in [-0.05, 0) is 34.5 Å². The molecule has 26 heavy (non-hydrogen) atoms. The summed E-state index contributed by atoms with van der Waals surface area (Å²) < 4.78 is 16.2. The molecule has 0 atom stereocenters. The van der Waals surface area contributed by atoms with Crippen molar-refractivity contribution in [1.29, 1.82) is 0 Å². The summed E-state index contributed by atoms with van der Waals surface area (Å²) in [4.78, 5) is 26.8. The number of nitrogens with zero attached hydrogens (tertiary/aromatic N) is 2. The van der Waals surface area contributed by atoms with Crippen LogP contribution in [-0.2, 0) is 0 Å². The molecule has 10 heteroatoms. The summed E-state index contributed by atoms with van der Waals surface area (Å²) in [5.74, 6) is 0.654. The van der Waals surface area contributed by atoms with Crippen LogP contribution < -0.4 is 19.5 Å². The fourth-order valence-electron chi connectivity index (χ4n) is 2.25. The number of benzene rings is 1. The smallest absolute Gasteiger partial charge is 0.287 e. The second kappa shape index (κ2) is 8.00. The number of nitrogens with one attached hydrogen (secondary N) is 1. The van der Waals surface area contributed by atoms with Crippen molar-refractivity contribution in [3.63, 3.8) is 0 Å². The second-order valence-corrected chi connectivity index (χ2v) is 5.87. The molecular formula is C16H16BrN3O6. The van der Waals surface area contributed by atoms with E-state index >= 15 is 0 Å². The Bertz CT molecular complexity index is 872. The Morgan fingerprint density at radius 3 is 2.35 bits per heavy atom. The van der Waals surface area contributed by atoms with E-state index in [1.165, 1.54) is 33.5 Å². The van der Waals surface area contributed by atoms with Gasteiger partial charge >= 0.3 is 0 Å². The first-order valence-corrected chi connectivity index (χ1v) is 8.04. The highest BCUT2D eigenvalue weighted by Gasteiger charge is 2.23. The number of hydrogen-bond donors (Lipinski definition) is 1. The van der Waals surface area contributed by atoms with Crippen LogP contribution in [0.3, 0.4) is 0 Å². The molecule has 0 saturated heterocycles. The molecule has 0 saturated carbocycles. The van der Waals surface area contributed by atoms with Gasteiger partial charge < -0.3 is 19.5 Å². The van der Waals surface area contributed by atoms with Crippen molar-refractivity contribution in [2.45, 2.75) is 6.92 Å². The summed E-state index contributed by atoms with van der Waals surface area (Å²) in [5, 5.41) is 13.4. The first-order chi connectivity index (χ1) is 12.3. The number of aromatic nitrogens is 1. The molecule has 9 nitrogen and oxygen atoms in total. The zero-order valence-corrected chi connectivity index (χ0v) is 16.0. The number of halogens is 1. The van der Waals surface area contributed by atoms with Crippen molar-refractivity contribution in [3.05, 3.63) is 44.0 Å². The molecule has 1 heterocycles. The van der Waals surface area contributed by atoms with Gasteiger partial charge in [0.25, 0.3) is 11.6 Å². The molecule has 0 aliphatic rings. The number of ether oxygens (including phenoxy) is 3. The molecule has 1 N–H and O–H groups in total. The van der Waals surface area contributed by atoms with E-state index in [0.29, 0.717) is 27.3 Å². The molecule has 0 bridgehead atoms. The monoisotopic (exact) mass is 425 g/mol. The molecule has 0 unspecified atom stereocenters. The molecule has 0 aliphatic carbocycles. The number of hydrogen-bond acceptors (Lipinski definition) is 7. The minimum absolute atomic E-state index is 0.158. The molecule has 0 radical (unpaired) electrons. The largest absolute Gasteiger partial charge is 0.493 e. The Kier molecular flexibility index (Phi) is 5.98. The number of aryl methyl sites for hydroxylation is 1. The van der Waals surface area contributed by atoms with Crippen molar-refractivity contribution < 1.29 is 23.9 Å². The normalized spacial score (nSPS) is 10.2. The maximum Gasteiger partial charge on any atom is 0.287 e. The Morgan fingerprint density at radius 1 is 1.19 bits per heavy atom. The van der Waals surface area contributed by atoms with Crippen molar-refractivity contribution in [3.8, 4) is 17.2 Å². The summed E-state index contributed by atoms with van der Waals surface area (Å²) >= 11 is 3.33. The van der Waals surface area contributed by atoms with Crippen LogP contribution in [0.5, 0.6) is 17.2 Å². The van der Waals surface area contributed by atoms with Gasteiger partial charge in [0, 0.05) is 6.07 Å². The summed E-state index contributed by atoms with van der Waals surface area (Å²) in [5.41, 5.74) is 0.518. The number of nitro groups is 1. The number of pyridine rings is 1. The van der Waals surface area contributed by atoms with Crippen LogP contribution in [0.2, 0.25) is 0 Å². The Morgan fingerprint density at radius 2 is 1.85 bits per heavy atom. The molecule has 2 rings (SSSR count). The maximum atomic E-state index is 12.7. The number of carbonyl (C=O) groups is 1. The molecule has 138 valence electrons. The first-order valence-electron chi connectivity index (χ1n) is 7.24. The lowest BCUT2D eigenvalue weighted by Gasteiger charge is -2.16. The topological polar surface area (TPSA) is 113 Å². The quantitative estimate of drug-likeness (QED) is 0.557. The molecule has 2 aromatic rings. The standard InChI is InChI=1S/C16H16BrN3O6/c1-8-5-9(20(22)23)7-18-15(8)19-16(21)10-6-11(24-2)13(25-3)14(26-4)12(10)17/h5-7H,1-4H3,(H,18,19,21). The number of amides is 1. The average molecular weight is 426 g/mol. The SMILES string of the molecule is COc1cc(C(=O)Nc2ncc([N+](=O)[O-])cc2C)c(Br)c(OC)c1OC. The van der Waals surface area contributed by atoms with Crippen LogP contribution in [0.25, 0.3) is 0 Å². The third-order valence-corrected chi connectivity index (χ3v) is 4.31. The van der Waals surface area contributed by atoms with Gasteiger partial charge in [-0.15, -0.1) is 0 Å². The fourth-order valence-corrected chi connectivity index (χ4v) is 2.89. The van der Waals surface area contributed by atoms with Gasteiger partial charge in [-0.3, -0.25) is 14.9 Å². The molecule has 1 aromatic heterocycles. The van der Waals surface area contributed by atoms with Crippen LogP contribution in [0.15, 0.2) is 22.8 Å². The lowest BCUT2D eigenvalue weighted by atomic mass is 10.1. The van der Waals surface area contributed by atoms with Crippen LogP contribution in [0.1, 0.15) is 15.9 Å². The van der Waals surface area contributed by atoms with Gasteiger partial charge in [-0.2, -0.15) is 0 Å². The van der Waals surface area contributed by atoms with E-state index < -0.39 is 10.8 Å². The van der Waals surface area contributed by atoms with Gasteiger partial charge in [0.15, 0.2) is 11.5 Å². The van der Waals surface area contributed by atoms with E-state index in [9.17, 15) is 14.9 Å². The van der Waals surface area contributed by atoms with Crippen LogP contribution in [0, 0.1) is 17.0 Å². The number of methoxy groups -OCH3 is 3. The number of carbonyl (C=O) groups excluding carboxylic acids is 1. The number of anilines is 1. The minimum atomic E-state index is -0.554. The second-order valence-electron chi connectivity index (χ2n) is 5.08. The molecule has 1 amide bonds. The van der Waals surface area contributed by atoms with E-state index in [1.54, 1.807) is 6.92 Å². The predicted molar refractivity (Wildman–Crippen MR) is 97.4 cm³/mol. The van der Waals surface area contributed by atoms with Crippen molar-refractivity contribution in [2.75, 3.05) is 26.6 Å². The average Bonchev–Trinajstić information content (AvgIpc) is 2.62. The molecule has 0 aliphatic heterocycles. The van der Waals surface area contributed by atoms with E-state index in [1.807, 2.05) is 0 Å². The van der Waals surface area contributed by atoms with Crippen molar-refractivity contribution in [2.24, 2.45) is 0 Å².